The monoisotopic (exact) mass is 253 g/mol. The SMILES string of the molecule is Nc1c(CN2CC(O)C(O)C2)cccc1[N+](=O)[O-]. The van der Waals surface area contributed by atoms with E-state index in [-0.39, 0.29) is 11.4 Å². The van der Waals surface area contributed by atoms with E-state index in [1.807, 2.05) is 4.90 Å². The van der Waals surface area contributed by atoms with Gasteiger partial charge in [-0.1, -0.05) is 12.1 Å². The Kier molecular flexibility index (Phi) is 3.46. The van der Waals surface area contributed by atoms with Crippen molar-refractivity contribution < 1.29 is 15.1 Å². The summed E-state index contributed by atoms with van der Waals surface area (Å²) >= 11 is 0. The zero-order valence-electron chi connectivity index (χ0n) is 9.69. The number of para-hydroxylation sites is 1. The lowest BCUT2D eigenvalue weighted by atomic mass is 10.1. The number of aliphatic hydroxyl groups excluding tert-OH is 2. The number of aliphatic hydroxyl groups is 2. The summed E-state index contributed by atoms with van der Waals surface area (Å²) in [6.45, 7) is 1.05. The number of likely N-dealkylation sites (tertiary alicyclic amines) is 1. The van der Waals surface area contributed by atoms with Gasteiger partial charge in [-0.05, 0) is 5.56 Å². The first-order chi connectivity index (χ1) is 8.49. The molecule has 7 heteroatoms. The number of nitro benzene ring substituents is 1. The fourth-order valence-electron chi connectivity index (χ4n) is 2.11. The molecule has 4 N–H and O–H groups in total. The Morgan fingerprint density at radius 3 is 2.56 bits per heavy atom. The molecule has 0 bridgehead atoms. The first-order valence-electron chi connectivity index (χ1n) is 5.59. The van der Waals surface area contributed by atoms with Crippen molar-refractivity contribution in [3.63, 3.8) is 0 Å². The summed E-state index contributed by atoms with van der Waals surface area (Å²) in [5.74, 6) is 0. The molecule has 0 spiro atoms. The Hall–Kier alpha value is -1.70. The second-order valence-electron chi connectivity index (χ2n) is 4.44. The Morgan fingerprint density at radius 2 is 2.00 bits per heavy atom. The summed E-state index contributed by atoms with van der Waals surface area (Å²) in [6.07, 6.45) is -1.55. The normalized spacial score (nSPS) is 24.3. The molecule has 1 aromatic carbocycles. The van der Waals surface area contributed by atoms with Gasteiger partial charge in [0.15, 0.2) is 0 Å². The number of β-amino-alcohol motifs (C(OH)–C–C–N with tert-alkyl or cyclic N) is 2. The van der Waals surface area contributed by atoms with Gasteiger partial charge in [-0.15, -0.1) is 0 Å². The van der Waals surface area contributed by atoms with Crippen LogP contribution in [-0.2, 0) is 6.54 Å². The maximum atomic E-state index is 10.7. The van der Waals surface area contributed by atoms with E-state index in [9.17, 15) is 20.3 Å². The third-order valence-electron chi connectivity index (χ3n) is 3.10. The molecular formula is C11H15N3O4. The quantitative estimate of drug-likeness (QED) is 0.388. The molecule has 2 rings (SSSR count). The van der Waals surface area contributed by atoms with Crippen molar-refractivity contribution in [1.29, 1.82) is 0 Å². The van der Waals surface area contributed by atoms with Gasteiger partial charge in [0.1, 0.15) is 5.69 Å². The number of benzene rings is 1. The lowest BCUT2D eigenvalue weighted by Gasteiger charge is -2.15. The van der Waals surface area contributed by atoms with Crippen molar-refractivity contribution in [2.75, 3.05) is 18.8 Å². The first kappa shape index (κ1) is 12.7. The summed E-state index contributed by atoms with van der Waals surface area (Å²) in [7, 11) is 0. The number of anilines is 1. The molecule has 2 atom stereocenters. The number of nitrogens with two attached hydrogens (primary N) is 1. The Morgan fingerprint density at radius 1 is 1.39 bits per heavy atom. The maximum absolute atomic E-state index is 10.7. The van der Waals surface area contributed by atoms with Crippen LogP contribution in [0.2, 0.25) is 0 Å². The van der Waals surface area contributed by atoms with Gasteiger partial charge in [-0.25, -0.2) is 0 Å². The summed E-state index contributed by atoms with van der Waals surface area (Å²) in [5.41, 5.74) is 6.39. The van der Waals surface area contributed by atoms with Gasteiger partial charge in [0.05, 0.1) is 17.1 Å². The molecule has 0 aliphatic carbocycles. The molecule has 0 saturated carbocycles. The van der Waals surface area contributed by atoms with Gasteiger partial charge < -0.3 is 15.9 Å². The highest BCUT2D eigenvalue weighted by molar-refractivity contribution is 5.62. The van der Waals surface area contributed by atoms with Crippen LogP contribution < -0.4 is 5.73 Å². The topological polar surface area (TPSA) is 113 Å². The number of nitrogens with zero attached hydrogens (tertiary/aromatic N) is 2. The number of hydrogen-bond donors (Lipinski definition) is 3. The van der Waals surface area contributed by atoms with Crippen molar-refractivity contribution in [2.24, 2.45) is 0 Å². The van der Waals surface area contributed by atoms with E-state index in [0.29, 0.717) is 25.2 Å². The van der Waals surface area contributed by atoms with Crippen molar-refractivity contribution in [1.82, 2.24) is 4.90 Å². The number of nitrogen functional groups attached to an aromatic ring is 1. The molecule has 1 fully saturated rings. The van der Waals surface area contributed by atoms with Crippen LogP contribution in [0.3, 0.4) is 0 Å². The largest absolute Gasteiger partial charge is 0.393 e. The average Bonchev–Trinajstić information content (AvgIpc) is 2.60. The van der Waals surface area contributed by atoms with Crippen LogP contribution in [0.1, 0.15) is 5.56 Å². The van der Waals surface area contributed by atoms with Crippen LogP contribution in [-0.4, -0.2) is 45.3 Å². The zero-order valence-corrected chi connectivity index (χ0v) is 9.69. The fourth-order valence-corrected chi connectivity index (χ4v) is 2.11. The predicted molar refractivity (Wildman–Crippen MR) is 64.8 cm³/mol. The zero-order chi connectivity index (χ0) is 13.3. The van der Waals surface area contributed by atoms with Crippen molar-refractivity contribution in [3.8, 4) is 0 Å². The van der Waals surface area contributed by atoms with Crippen LogP contribution >= 0.6 is 0 Å². The second-order valence-corrected chi connectivity index (χ2v) is 4.44. The summed E-state index contributed by atoms with van der Waals surface area (Å²) in [4.78, 5) is 12.0. The third kappa shape index (κ3) is 2.42. The Bertz CT molecular complexity index is 456. The highest BCUT2D eigenvalue weighted by atomic mass is 16.6. The molecule has 0 amide bonds. The lowest BCUT2D eigenvalue weighted by Crippen LogP contribution is -2.22. The molecule has 1 aliphatic heterocycles. The molecule has 1 aliphatic rings. The Balaban J connectivity index is 2.15. The molecule has 98 valence electrons. The van der Waals surface area contributed by atoms with E-state index in [4.69, 9.17) is 5.73 Å². The van der Waals surface area contributed by atoms with Gasteiger partial charge in [0.2, 0.25) is 0 Å². The third-order valence-corrected chi connectivity index (χ3v) is 3.10. The molecule has 0 radical (unpaired) electrons. The van der Waals surface area contributed by atoms with E-state index in [1.165, 1.54) is 6.07 Å². The van der Waals surface area contributed by atoms with Crippen LogP contribution in [0.5, 0.6) is 0 Å². The van der Waals surface area contributed by atoms with Crippen LogP contribution in [0.15, 0.2) is 18.2 Å². The molecular weight excluding hydrogens is 238 g/mol. The summed E-state index contributed by atoms with van der Waals surface area (Å²) in [6, 6.07) is 4.64. The number of nitro groups is 1. The van der Waals surface area contributed by atoms with Crippen LogP contribution in [0.4, 0.5) is 11.4 Å². The molecule has 1 aromatic rings. The van der Waals surface area contributed by atoms with E-state index < -0.39 is 17.1 Å². The predicted octanol–water partition coefficient (Wildman–Crippen LogP) is -0.286. The molecule has 18 heavy (non-hydrogen) atoms. The summed E-state index contributed by atoms with van der Waals surface area (Å²) < 4.78 is 0. The Labute approximate surface area is 104 Å². The average molecular weight is 253 g/mol. The minimum absolute atomic E-state index is 0.118. The molecule has 7 nitrogen and oxygen atoms in total. The highest BCUT2D eigenvalue weighted by Crippen LogP contribution is 2.26. The number of rotatable bonds is 3. The minimum Gasteiger partial charge on any atom is -0.393 e. The standard InChI is InChI=1S/C11H15N3O4/c12-11-7(2-1-3-8(11)14(17)18)4-13-5-9(15)10(16)6-13/h1-3,9-10,15-16H,4-6,12H2. The van der Waals surface area contributed by atoms with Gasteiger partial charge in [-0.3, -0.25) is 15.0 Å². The van der Waals surface area contributed by atoms with E-state index in [2.05, 4.69) is 0 Å². The lowest BCUT2D eigenvalue weighted by molar-refractivity contribution is -0.384. The van der Waals surface area contributed by atoms with Crippen LogP contribution in [0, 0.1) is 10.1 Å². The van der Waals surface area contributed by atoms with Crippen molar-refractivity contribution >= 4 is 11.4 Å². The van der Waals surface area contributed by atoms with Gasteiger partial charge in [0, 0.05) is 25.7 Å². The van der Waals surface area contributed by atoms with Crippen LogP contribution in [0.25, 0.3) is 0 Å². The smallest absolute Gasteiger partial charge is 0.292 e. The van der Waals surface area contributed by atoms with E-state index in [0.717, 1.165) is 0 Å². The number of hydrogen-bond acceptors (Lipinski definition) is 6. The second kappa shape index (κ2) is 4.89. The van der Waals surface area contributed by atoms with Gasteiger partial charge in [0.25, 0.3) is 5.69 Å². The maximum Gasteiger partial charge on any atom is 0.292 e. The van der Waals surface area contributed by atoms with Crippen molar-refractivity contribution in [2.45, 2.75) is 18.8 Å². The van der Waals surface area contributed by atoms with Gasteiger partial charge >= 0.3 is 0 Å². The molecule has 0 aromatic heterocycles. The highest BCUT2D eigenvalue weighted by Gasteiger charge is 2.30. The molecule has 1 heterocycles. The molecule has 1 saturated heterocycles. The fraction of sp³-hybridized carbons (Fsp3) is 0.455. The van der Waals surface area contributed by atoms with E-state index in [1.54, 1.807) is 12.1 Å². The summed E-state index contributed by atoms with van der Waals surface area (Å²) in [5, 5.41) is 29.6. The first-order valence-corrected chi connectivity index (χ1v) is 5.59. The van der Waals surface area contributed by atoms with Crippen molar-refractivity contribution in [3.05, 3.63) is 33.9 Å². The van der Waals surface area contributed by atoms with Gasteiger partial charge in [-0.2, -0.15) is 0 Å². The van der Waals surface area contributed by atoms with E-state index >= 15 is 0 Å². The molecule has 2 unspecified atom stereocenters. The minimum atomic E-state index is -0.773.